The van der Waals surface area contributed by atoms with Crippen molar-refractivity contribution in [2.75, 3.05) is 31.1 Å². The van der Waals surface area contributed by atoms with Gasteiger partial charge in [0.25, 0.3) is 0 Å². The van der Waals surface area contributed by atoms with E-state index in [1.807, 2.05) is 9.80 Å². The molecule has 4 saturated carbocycles. The van der Waals surface area contributed by atoms with Gasteiger partial charge in [0.2, 0.25) is 5.91 Å². The highest BCUT2D eigenvalue weighted by atomic mass is 32.1. The second-order valence-electron chi connectivity index (χ2n) is 8.98. The molecule has 4 bridgehead atoms. The van der Waals surface area contributed by atoms with Crippen molar-refractivity contribution in [1.29, 1.82) is 0 Å². The number of carbonyl (C=O) groups is 1. The molecule has 148 valence electrons. The summed E-state index contributed by atoms with van der Waals surface area (Å²) in [5.41, 5.74) is -0.137. The molecular formula is C19H24F3N3OS. The average Bonchev–Trinajstić information content (AvgIpc) is 3.10. The number of piperazine rings is 1. The van der Waals surface area contributed by atoms with Crippen LogP contribution in [0, 0.1) is 23.2 Å². The monoisotopic (exact) mass is 399 g/mol. The van der Waals surface area contributed by atoms with E-state index < -0.39 is 11.1 Å². The Labute approximate surface area is 160 Å². The summed E-state index contributed by atoms with van der Waals surface area (Å²) < 4.78 is 38.4. The van der Waals surface area contributed by atoms with E-state index in [-0.39, 0.29) is 5.41 Å². The molecule has 1 aromatic rings. The number of aromatic nitrogens is 1. The normalized spacial score (nSPS) is 35.7. The molecule has 1 saturated heterocycles. The molecular weight excluding hydrogens is 375 g/mol. The predicted molar refractivity (Wildman–Crippen MR) is 96.5 cm³/mol. The van der Waals surface area contributed by atoms with Crippen LogP contribution in [-0.2, 0) is 11.0 Å². The summed E-state index contributed by atoms with van der Waals surface area (Å²) in [5.74, 6) is 2.52. The minimum Gasteiger partial charge on any atom is -0.345 e. The highest BCUT2D eigenvalue weighted by Crippen LogP contribution is 2.60. The largest absolute Gasteiger partial charge is 0.427 e. The first-order valence-corrected chi connectivity index (χ1v) is 10.7. The topological polar surface area (TPSA) is 36.4 Å². The number of halogens is 3. The molecule has 6 rings (SSSR count). The Morgan fingerprint density at radius 1 is 1.04 bits per heavy atom. The Balaban J connectivity index is 1.24. The Kier molecular flexibility index (Phi) is 4.01. The zero-order valence-corrected chi connectivity index (χ0v) is 16.0. The number of amides is 1. The first-order valence-electron chi connectivity index (χ1n) is 9.90. The number of carbonyl (C=O) groups excluding carboxylic acids is 1. The summed E-state index contributed by atoms with van der Waals surface area (Å²) >= 11 is 0.690. The standard InChI is InChI=1S/C19H24F3N3OS/c20-19(21,22)15-11-23-17(27-15)25-3-1-24(2-4-25)16(26)18-8-12-5-13(9-18)7-14(6-12)10-18/h11-14H,1-10H2. The fraction of sp³-hybridized carbons (Fsp3) is 0.789. The van der Waals surface area contributed by atoms with Crippen molar-refractivity contribution in [1.82, 2.24) is 9.88 Å². The van der Waals surface area contributed by atoms with Crippen molar-refractivity contribution in [2.45, 2.75) is 44.7 Å². The number of hydrogen-bond acceptors (Lipinski definition) is 4. The molecule has 1 amide bonds. The summed E-state index contributed by atoms with van der Waals surface area (Å²) in [7, 11) is 0. The zero-order chi connectivity index (χ0) is 18.8. The quantitative estimate of drug-likeness (QED) is 0.754. The maximum atomic E-state index is 13.4. The van der Waals surface area contributed by atoms with E-state index in [1.165, 1.54) is 19.3 Å². The number of hydrogen-bond donors (Lipinski definition) is 0. The third kappa shape index (κ3) is 3.04. The Morgan fingerprint density at radius 3 is 2.07 bits per heavy atom. The Morgan fingerprint density at radius 2 is 1.59 bits per heavy atom. The molecule has 0 N–H and O–H groups in total. The van der Waals surface area contributed by atoms with Gasteiger partial charge in [0.15, 0.2) is 5.13 Å². The van der Waals surface area contributed by atoms with Crippen molar-refractivity contribution in [3.8, 4) is 0 Å². The SMILES string of the molecule is O=C(N1CCN(c2ncc(C(F)(F)F)s2)CC1)C12CC3CC(CC(C3)C1)C2. The van der Waals surface area contributed by atoms with Crippen molar-refractivity contribution in [3.05, 3.63) is 11.1 Å². The van der Waals surface area contributed by atoms with Crippen LogP contribution < -0.4 is 4.90 Å². The van der Waals surface area contributed by atoms with Crippen molar-refractivity contribution >= 4 is 22.4 Å². The molecule has 0 spiro atoms. The fourth-order valence-electron chi connectivity index (χ4n) is 6.35. The lowest BCUT2D eigenvalue weighted by atomic mass is 9.49. The molecule has 5 aliphatic rings. The lowest BCUT2D eigenvalue weighted by Crippen LogP contribution is -2.58. The first kappa shape index (κ1) is 17.8. The zero-order valence-electron chi connectivity index (χ0n) is 15.2. The molecule has 4 nitrogen and oxygen atoms in total. The van der Waals surface area contributed by atoms with Gasteiger partial charge in [0, 0.05) is 26.2 Å². The van der Waals surface area contributed by atoms with E-state index in [4.69, 9.17) is 0 Å². The summed E-state index contributed by atoms with van der Waals surface area (Å²) in [6, 6.07) is 0. The molecule has 0 aromatic carbocycles. The average molecular weight is 399 g/mol. The molecule has 0 atom stereocenters. The number of alkyl halides is 3. The van der Waals surface area contributed by atoms with Crippen LogP contribution in [0.1, 0.15) is 43.4 Å². The third-order valence-electron chi connectivity index (χ3n) is 7.10. The number of anilines is 1. The number of thiazole rings is 1. The van der Waals surface area contributed by atoms with Crippen LogP contribution in [0.3, 0.4) is 0 Å². The van der Waals surface area contributed by atoms with Gasteiger partial charge in [-0.25, -0.2) is 4.98 Å². The van der Waals surface area contributed by atoms with Crippen molar-refractivity contribution < 1.29 is 18.0 Å². The van der Waals surface area contributed by atoms with Crippen LogP contribution in [0.25, 0.3) is 0 Å². The molecule has 27 heavy (non-hydrogen) atoms. The summed E-state index contributed by atoms with van der Waals surface area (Å²) in [6.07, 6.45) is 3.67. The minimum atomic E-state index is -4.34. The molecule has 2 heterocycles. The van der Waals surface area contributed by atoms with Crippen LogP contribution in [-0.4, -0.2) is 42.0 Å². The van der Waals surface area contributed by atoms with E-state index in [2.05, 4.69) is 4.98 Å². The van der Waals surface area contributed by atoms with E-state index in [9.17, 15) is 18.0 Å². The lowest BCUT2D eigenvalue weighted by molar-refractivity contribution is -0.158. The van der Waals surface area contributed by atoms with Crippen LogP contribution in [0.5, 0.6) is 0 Å². The smallest absolute Gasteiger partial charge is 0.345 e. The number of nitrogens with zero attached hydrogens (tertiary/aromatic N) is 3. The molecule has 5 fully saturated rings. The van der Waals surface area contributed by atoms with Crippen molar-refractivity contribution in [2.24, 2.45) is 23.2 Å². The van der Waals surface area contributed by atoms with Gasteiger partial charge < -0.3 is 9.80 Å². The van der Waals surface area contributed by atoms with Crippen LogP contribution in [0.2, 0.25) is 0 Å². The second kappa shape index (κ2) is 6.09. The van der Waals surface area contributed by atoms with Crippen molar-refractivity contribution in [3.63, 3.8) is 0 Å². The van der Waals surface area contributed by atoms with Gasteiger partial charge in [0.05, 0.1) is 11.6 Å². The Hall–Kier alpha value is -1.31. The third-order valence-corrected chi connectivity index (χ3v) is 8.21. The highest BCUT2D eigenvalue weighted by Gasteiger charge is 2.55. The second-order valence-corrected chi connectivity index (χ2v) is 9.99. The maximum Gasteiger partial charge on any atom is 0.427 e. The summed E-state index contributed by atoms with van der Waals surface area (Å²) in [4.78, 5) is 20.5. The molecule has 0 radical (unpaired) electrons. The van der Waals surface area contributed by atoms with E-state index in [0.29, 0.717) is 48.6 Å². The summed E-state index contributed by atoms with van der Waals surface area (Å²) in [6.45, 7) is 2.29. The molecule has 1 aromatic heterocycles. The van der Waals surface area contributed by atoms with Gasteiger partial charge in [-0.15, -0.1) is 0 Å². The number of rotatable bonds is 2. The lowest BCUT2D eigenvalue weighted by Gasteiger charge is -2.57. The van der Waals surface area contributed by atoms with Gasteiger partial charge in [-0.3, -0.25) is 4.79 Å². The maximum absolute atomic E-state index is 13.4. The minimum absolute atomic E-state index is 0.137. The summed E-state index contributed by atoms with van der Waals surface area (Å²) in [5, 5.41) is 0.407. The van der Waals surface area contributed by atoms with Crippen LogP contribution >= 0.6 is 11.3 Å². The molecule has 4 aliphatic carbocycles. The van der Waals surface area contributed by atoms with Gasteiger partial charge in [-0.2, -0.15) is 13.2 Å². The van der Waals surface area contributed by atoms with E-state index >= 15 is 0 Å². The van der Waals surface area contributed by atoms with Crippen LogP contribution in [0.4, 0.5) is 18.3 Å². The van der Waals surface area contributed by atoms with Gasteiger partial charge >= 0.3 is 6.18 Å². The van der Waals surface area contributed by atoms with Gasteiger partial charge in [-0.1, -0.05) is 11.3 Å². The van der Waals surface area contributed by atoms with E-state index in [1.54, 1.807) is 0 Å². The molecule has 8 heteroatoms. The molecule has 0 unspecified atom stereocenters. The highest BCUT2D eigenvalue weighted by molar-refractivity contribution is 7.15. The van der Waals surface area contributed by atoms with Crippen LogP contribution in [0.15, 0.2) is 6.20 Å². The van der Waals surface area contributed by atoms with Gasteiger partial charge in [-0.05, 0) is 56.3 Å². The fourth-order valence-corrected chi connectivity index (χ4v) is 7.19. The first-order chi connectivity index (χ1) is 12.8. The van der Waals surface area contributed by atoms with E-state index in [0.717, 1.165) is 43.2 Å². The Bertz CT molecular complexity index is 704. The van der Waals surface area contributed by atoms with Gasteiger partial charge in [0.1, 0.15) is 4.88 Å². The molecule has 1 aliphatic heterocycles. The predicted octanol–water partition coefficient (Wildman–Crippen LogP) is 4.03.